The van der Waals surface area contributed by atoms with E-state index in [1.807, 2.05) is 51.1 Å². The molecule has 9 heteroatoms. The number of rotatable bonds is 11. The molecule has 0 heterocycles. The Balaban J connectivity index is 1.75. The van der Waals surface area contributed by atoms with Crippen LogP contribution in [0, 0.1) is 18.3 Å². The number of anilines is 2. The number of halogens is 1. The number of carbonyl (C=O) groups excluding carboxylic acids is 2. The van der Waals surface area contributed by atoms with Crippen molar-refractivity contribution in [1.82, 2.24) is 0 Å². The average molecular weight is 578 g/mol. The third kappa shape index (κ3) is 7.85. The summed E-state index contributed by atoms with van der Waals surface area (Å²) in [7, 11) is 0. The zero-order valence-corrected chi connectivity index (χ0v) is 22.9. The highest BCUT2D eigenvalue weighted by Crippen LogP contribution is 2.37. The molecule has 2 amide bonds. The van der Waals surface area contributed by atoms with Gasteiger partial charge in [0, 0.05) is 11.4 Å². The summed E-state index contributed by atoms with van der Waals surface area (Å²) < 4.78 is 17.4. The number of nitriles is 1. The lowest BCUT2D eigenvalue weighted by molar-refractivity contribution is -0.118. The van der Waals surface area contributed by atoms with E-state index in [2.05, 4.69) is 26.6 Å². The number of hydrogen-bond acceptors (Lipinski definition) is 6. The molecule has 0 unspecified atom stereocenters. The van der Waals surface area contributed by atoms with Crippen molar-refractivity contribution in [3.8, 4) is 23.3 Å². The third-order valence-electron chi connectivity index (χ3n) is 5.20. The standard InChI is InChI=1S/C29H28BrN3O5/c1-4-36-23-12-10-22(11-13-23)32-29(35)21(17-31)14-20-15-24(30)28(26(16-20)37-5-2)38-18-27(34)33-25-9-7-6-8-19(25)3/h6-16H,4-5,18H2,1-3H3,(H,32,35)(H,33,34)/b21-14+. The van der Waals surface area contributed by atoms with Gasteiger partial charge in [-0.3, -0.25) is 9.59 Å². The van der Waals surface area contributed by atoms with Crippen LogP contribution in [0.15, 0.2) is 70.7 Å². The molecule has 0 atom stereocenters. The number of hydrogen-bond donors (Lipinski definition) is 2. The van der Waals surface area contributed by atoms with Gasteiger partial charge in [0.15, 0.2) is 18.1 Å². The number of para-hydroxylation sites is 1. The van der Waals surface area contributed by atoms with E-state index in [4.69, 9.17) is 14.2 Å². The lowest BCUT2D eigenvalue weighted by atomic mass is 10.1. The molecule has 0 saturated heterocycles. The Morgan fingerprint density at radius 3 is 2.34 bits per heavy atom. The first kappa shape index (κ1) is 28.3. The highest BCUT2D eigenvalue weighted by Gasteiger charge is 2.16. The second kappa shape index (κ2) is 13.9. The van der Waals surface area contributed by atoms with E-state index in [1.54, 1.807) is 36.4 Å². The summed E-state index contributed by atoms with van der Waals surface area (Å²) in [5.41, 5.74) is 2.62. The highest BCUT2D eigenvalue weighted by atomic mass is 79.9. The fourth-order valence-electron chi connectivity index (χ4n) is 3.43. The minimum Gasteiger partial charge on any atom is -0.494 e. The summed E-state index contributed by atoms with van der Waals surface area (Å²) in [4.78, 5) is 25.2. The molecule has 3 aromatic carbocycles. The topological polar surface area (TPSA) is 110 Å². The second-order valence-corrected chi connectivity index (χ2v) is 8.85. The van der Waals surface area contributed by atoms with Crippen LogP contribution in [0.2, 0.25) is 0 Å². The molecule has 196 valence electrons. The number of carbonyl (C=O) groups is 2. The fraction of sp³-hybridized carbons (Fsp3) is 0.207. The van der Waals surface area contributed by atoms with Crippen LogP contribution in [-0.4, -0.2) is 31.6 Å². The summed E-state index contributed by atoms with van der Waals surface area (Å²) >= 11 is 3.46. The van der Waals surface area contributed by atoms with Gasteiger partial charge in [-0.2, -0.15) is 5.26 Å². The number of amides is 2. The molecule has 0 fully saturated rings. The predicted octanol–water partition coefficient (Wildman–Crippen LogP) is 6.12. The maximum atomic E-state index is 12.7. The number of aryl methyl sites for hydroxylation is 1. The first-order valence-corrected chi connectivity index (χ1v) is 12.7. The average Bonchev–Trinajstić information content (AvgIpc) is 2.89. The van der Waals surface area contributed by atoms with Crippen LogP contribution in [0.5, 0.6) is 17.2 Å². The van der Waals surface area contributed by atoms with Crippen LogP contribution < -0.4 is 24.8 Å². The van der Waals surface area contributed by atoms with Gasteiger partial charge >= 0.3 is 0 Å². The largest absolute Gasteiger partial charge is 0.494 e. The van der Waals surface area contributed by atoms with Crippen LogP contribution in [0.25, 0.3) is 6.08 Å². The van der Waals surface area contributed by atoms with Crippen molar-refractivity contribution in [2.24, 2.45) is 0 Å². The molecule has 0 aliphatic carbocycles. The monoisotopic (exact) mass is 577 g/mol. The molecule has 3 rings (SSSR count). The maximum Gasteiger partial charge on any atom is 0.266 e. The van der Waals surface area contributed by atoms with E-state index in [0.717, 1.165) is 5.56 Å². The first-order chi connectivity index (χ1) is 18.3. The van der Waals surface area contributed by atoms with Crippen molar-refractivity contribution in [3.05, 3.63) is 81.8 Å². The van der Waals surface area contributed by atoms with E-state index in [-0.39, 0.29) is 18.1 Å². The first-order valence-electron chi connectivity index (χ1n) is 11.9. The summed E-state index contributed by atoms with van der Waals surface area (Å²) in [5, 5.41) is 15.1. The second-order valence-electron chi connectivity index (χ2n) is 8.00. The molecule has 38 heavy (non-hydrogen) atoms. The smallest absolute Gasteiger partial charge is 0.266 e. The molecule has 0 bridgehead atoms. The zero-order valence-electron chi connectivity index (χ0n) is 21.3. The van der Waals surface area contributed by atoms with Crippen LogP contribution in [0.1, 0.15) is 25.0 Å². The van der Waals surface area contributed by atoms with Crippen molar-refractivity contribution in [2.75, 3.05) is 30.5 Å². The van der Waals surface area contributed by atoms with Gasteiger partial charge in [0.1, 0.15) is 17.4 Å². The van der Waals surface area contributed by atoms with Gasteiger partial charge in [0.25, 0.3) is 11.8 Å². The molecule has 0 radical (unpaired) electrons. The van der Waals surface area contributed by atoms with Crippen molar-refractivity contribution in [3.63, 3.8) is 0 Å². The minimum atomic E-state index is -0.557. The lowest BCUT2D eigenvalue weighted by Gasteiger charge is -2.15. The predicted molar refractivity (Wildman–Crippen MR) is 150 cm³/mol. The van der Waals surface area contributed by atoms with Crippen molar-refractivity contribution in [2.45, 2.75) is 20.8 Å². The maximum absolute atomic E-state index is 12.7. The Hall–Kier alpha value is -4.29. The summed E-state index contributed by atoms with van der Waals surface area (Å²) in [5.74, 6) is 0.501. The Kier molecular flexibility index (Phi) is 10.3. The third-order valence-corrected chi connectivity index (χ3v) is 5.79. The molecule has 0 saturated carbocycles. The van der Waals surface area contributed by atoms with Crippen LogP contribution in [0.3, 0.4) is 0 Å². The Morgan fingerprint density at radius 2 is 1.68 bits per heavy atom. The van der Waals surface area contributed by atoms with E-state index in [9.17, 15) is 14.9 Å². The Bertz CT molecular complexity index is 1360. The van der Waals surface area contributed by atoms with E-state index in [0.29, 0.717) is 51.9 Å². The molecule has 0 spiro atoms. The zero-order chi connectivity index (χ0) is 27.5. The Labute approximate surface area is 230 Å². The molecule has 0 aliphatic rings. The molecule has 3 aromatic rings. The number of nitrogens with one attached hydrogen (secondary N) is 2. The molecule has 8 nitrogen and oxygen atoms in total. The fourth-order valence-corrected chi connectivity index (χ4v) is 4.00. The minimum absolute atomic E-state index is 0.0977. The summed E-state index contributed by atoms with van der Waals surface area (Å²) in [6.07, 6.45) is 1.45. The molecular formula is C29H28BrN3O5. The van der Waals surface area contributed by atoms with Crippen LogP contribution >= 0.6 is 15.9 Å². The molecule has 0 aliphatic heterocycles. The van der Waals surface area contributed by atoms with Gasteiger partial charge in [0.05, 0.1) is 17.7 Å². The summed E-state index contributed by atoms with van der Waals surface area (Å²) in [6, 6.07) is 19.6. The van der Waals surface area contributed by atoms with E-state index < -0.39 is 5.91 Å². The van der Waals surface area contributed by atoms with Gasteiger partial charge in [-0.25, -0.2) is 0 Å². The van der Waals surface area contributed by atoms with Crippen molar-refractivity contribution < 1.29 is 23.8 Å². The highest BCUT2D eigenvalue weighted by molar-refractivity contribution is 9.10. The Morgan fingerprint density at radius 1 is 0.974 bits per heavy atom. The summed E-state index contributed by atoms with van der Waals surface area (Å²) in [6.45, 7) is 6.25. The van der Waals surface area contributed by atoms with Crippen LogP contribution in [-0.2, 0) is 9.59 Å². The van der Waals surface area contributed by atoms with Crippen LogP contribution in [0.4, 0.5) is 11.4 Å². The van der Waals surface area contributed by atoms with Gasteiger partial charge < -0.3 is 24.8 Å². The van der Waals surface area contributed by atoms with Gasteiger partial charge in [-0.15, -0.1) is 0 Å². The SMILES string of the molecule is CCOc1ccc(NC(=O)/C(C#N)=C/c2cc(Br)c(OCC(=O)Nc3ccccc3C)c(OCC)c2)cc1. The van der Waals surface area contributed by atoms with Gasteiger partial charge in [0.2, 0.25) is 0 Å². The van der Waals surface area contributed by atoms with Gasteiger partial charge in [-0.05, 0) is 96.4 Å². The molecule has 0 aromatic heterocycles. The van der Waals surface area contributed by atoms with E-state index >= 15 is 0 Å². The number of benzene rings is 3. The quantitative estimate of drug-likeness (QED) is 0.210. The number of ether oxygens (including phenoxy) is 3. The van der Waals surface area contributed by atoms with E-state index in [1.165, 1.54) is 6.08 Å². The normalized spacial score (nSPS) is 10.8. The molecule has 2 N–H and O–H groups in total. The van der Waals surface area contributed by atoms with Crippen molar-refractivity contribution >= 4 is 45.2 Å². The number of nitrogens with zero attached hydrogens (tertiary/aromatic N) is 1. The van der Waals surface area contributed by atoms with Gasteiger partial charge in [-0.1, -0.05) is 18.2 Å². The van der Waals surface area contributed by atoms with Crippen molar-refractivity contribution in [1.29, 1.82) is 5.26 Å². The lowest BCUT2D eigenvalue weighted by Crippen LogP contribution is -2.21. The molecular weight excluding hydrogens is 550 g/mol.